The van der Waals surface area contributed by atoms with Gasteiger partial charge in [-0.25, -0.2) is 4.79 Å². The van der Waals surface area contributed by atoms with Crippen LogP contribution in [0.15, 0.2) is 24.8 Å². The summed E-state index contributed by atoms with van der Waals surface area (Å²) in [6, 6.07) is 4.58. The number of allylic oxidation sites excluding steroid dienone is 1. The quantitative estimate of drug-likeness (QED) is 0.474. The lowest BCUT2D eigenvalue weighted by Crippen LogP contribution is -2.42. The summed E-state index contributed by atoms with van der Waals surface area (Å²) in [5.41, 5.74) is 0. The van der Waals surface area contributed by atoms with Crippen molar-refractivity contribution in [3.63, 3.8) is 0 Å². The summed E-state index contributed by atoms with van der Waals surface area (Å²) in [5.74, 6) is -0.647. The first-order chi connectivity index (χ1) is 9.80. The van der Waals surface area contributed by atoms with E-state index in [2.05, 4.69) is 31.1 Å². The lowest BCUT2D eigenvalue weighted by molar-refractivity contribution is -0.144. The topological polar surface area (TPSA) is 55.4 Å². The molecule has 1 rings (SSSR count). The Labute approximate surface area is 131 Å². The summed E-state index contributed by atoms with van der Waals surface area (Å²) in [4.78, 5) is 24.0. The molecule has 0 aliphatic carbocycles. The van der Waals surface area contributed by atoms with E-state index >= 15 is 0 Å². The van der Waals surface area contributed by atoms with E-state index in [1.807, 2.05) is 12.1 Å². The summed E-state index contributed by atoms with van der Waals surface area (Å²) < 4.78 is 6.12. The first kappa shape index (κ1) is 17.6. The highest BCUT2D eigenvalue weighted by Crippen LogP contribution is 2.18. The molecule has 0 unspecified atom stereocenters. The maximum absolute atomic E-state index is 11.7. The molecule has 0 aromatic carbocycles. The summed E-state index contributed by atoms with van der Waals surface area (Å²) in [7, 11) is -0.150. The predicted octanol–water partition coefficient (Wildman–Crippen LogP) is 2.07. The zero-order valence-electron chi connectivity index (χ0n) is 13.1. The van der Waals surface area contributed by atoms with Crippen LogP contribution < -0.4 is 9.82 Å². The number of methoxy groups -OCH3 is 1. The van der Waals surface area contributed by atoms with E-state index < -0.39 is 20.1 Å². The van der Waals surface area contributed by atoms with Crippen molar-refractivity contribution >= 4 is 35.8 Å². The number of carbonyl (C=O) groups excluding carboxylic acids is 2. The smallest absolute Gasteiger partial charge is 0.328 e. The molecule has 0 radical (unpaired) electrons. The maximum Gasteiger partial charge on any atom is 0.328 e. The van der Waals surface area contributed by atoms with E-state index in [4.69, 9.17) is 4.74 Å². The van der Waals surface area contributed by atoms with Gasteiger partial charge >= 0.3 is 5.97 Å². The second-order valence-electron chi connectivity index (χ2n) is 5.62. The second-order valence-corrected chi connectivity index (χ2v) is 11.9. The average molecular weight is 326 g/mol. The van der Waals surface area contributed by atoms with Gasteiger partial charge in [0.15, 0.2) is 0 Å². The highest BCUT2D eigenvalue weighted by molar-refractivity contribution is 7.26. The van der Waals surface area contributed by atoms with Crippen molar-refractivity contribution < 1.29 is 14.3 Å². The van der Waals surface area contributed by atoms with Crippen LogP contribution in [0.5, 0.6) is 0 Å². The fourth-order valence-corrected chi connectivity index (χ4v) is 6.11. The molecule has 6 heteroatoms. The van der Waals surface area contributed by atoms with Gasteiger partial charge in [-0.05, 0) is 16.6 Å². The molecule has 0 saturated heterocycles. The van der Waals surface area contributed by atoms with Crippen LogP contribution in [0.1, 0.15) is 11.8 Å². The van der Waals surface area contributed by atoms with E-state index in [1.54, 1.807) is 11.3 Å². The molecule has 0 fully saturated rings. The number of carbonyl (C=O) groups is 2. The standard InChI is InChI=1S/C15H23NO3SSi/c1-6-9-21(4,5)14-8-7-12(20-14)10-13(15(18)19-3)16-11(2)17/h6-8,13H,1,9-10H2,2-5H3,(H,16,17)/t13-/m0/s1. The third-order valence-electron chi connectivity index (χ3n) is 3.25. The van der Waals surface area contributed by atoms with Crippen molar-refractivity contribution in [2.24, 2.45) is 0 Å². The van der Waals surface area contributed by atoms with Gasteiger partial charge in [-0.3, -0.25) is 4.79 Å². The lowest BCUT2D eigenvalue weighted by Gasteiger charge is -2.18. The Morgan fingerprint density at radius 1 is 1.48 bits per heavy atom. The number of rotatable bonds is 7. The van der Waals surface area contributed by atoms with Gasteiger partial charge in [0.05, 0.1) is 15.2 Å². The van der Waals surface area contributed by atoms with E-state index in [1.165, 1.54) is 18.5 Å². The van der Waals surface area contributed by atoms with Crippen LogP contribution in [0, 0.1) is 0 Å². The van der Waals surface area contributed by atoms with E-state index in [-0.39, 0.29) is 5.91 Å². The van der Waals surface area contributed by atoms with Crippen LogP contribution in [-0.4, -0.2) is 33.1 Å². The second kappa shape index (κ2) is 7.56. The molecule has 21 heavy (non-hydrogen) atoms. The van der Waals surface area contributed by atoms with E-state index in [9.17, 15) is 9.59 Å². The SMILES string of the molecule is C=CC[Si](C)(C)c1ccc(C[C@H](NC(C)=O)C(=O)OC)s1. The molecular formula is C15H23NO3SSi. The highest BCUT2D eigenvalue weighted by atomic mass is 32.1. The molecule has 0 aliphatic rings. The van der Waals surface area contributed by atoms with Gasteiger partial charge in [0, 0.05) is 18.2 Å². The molecule has 116 valence electrons. The largest absolute Gasteiger partial charge is 0.467 e. The van der Waals surface area contributed by atoms with Gasteiger partial charge in [-0.2, -0.15) is 0 Å². The molecule has 1 amide bonds. The van der Waals surface area contributed by atoms with Crippen LogP contribution in [0.3, 0.4) is 0 Å². The Hall–Kier alpha value is -1.40. The van der Waals surface area contributed by atoms with Crippen LogP contribution in [0.25, 0.3) is 0 Å². The van der Waals surface area contributed by atoms with Gasteiger partial charge in [-0.15, -0.1) is 17.9 Å². The zero-order chi connectivity index (χ0) is 16.0. The van der Waals surface area contributed by atoms with Crippen molar-refractivity contribution in [2.75, 3.05) is 7.11 Å². The van der Waals surface area contributed by atoms with E-state index in [0.29, 0.717) is 6.42 Å². The Balaban J connectivity index is 2.86. The molecule has 1 aromatic heterocycles. The highest BCUT2D eigenvalue weighted by Gasteiger charge is 2.26. The third kappa shape index (κ3) is 5.13. The minimum absolute atomic E-state index is 0.233. The van der Waals surface area contributed by atoms with Crippen molar-refractivity contribution in [2.45, 2.75) is 38.5 Å². The Kier molecular flexibility index (Phi) is 6.35. The summed E-state index contributed by atoms with van der Waals surface area (Å²) in [6.07, 6.45) is 2.44. The van der Waals surface area contributed by atoms with Gasteiger partial charge in [0.2, 0.25) is 5.91 Å². The third-order valence-corrected chi connectivity index (χ3v) is 8.95. The molecular weight excluding hydrogens is 302 g/mol. The minimum atomic E-state index is -1.48. The molecule has 1 aromatic rings. The fraction of sp³-hybridized carbons (Fsp3) is 0.467. The van der Waals surface area contributed by atoms with Crippen LogP contribution in [0.4, 0.5) is 0 Å². The fourth-order valence-electron chi connectivity index (χ4n) is 2.09. The minimum Gasteiger partial charge on any atom is -0.467 e. The number of esters is 1. The number of ether oxygens (including phenoxy) is 1. The van der Waals surface area contributed by atoms with Crippen molar-refractivity contribution in [1.29, 1.82) is 0 Å². The monoisotopic (exact) mass is 325 g/mol. The number of thiophene rings is 1. The lowest BCUT2D eigenvalue weighted by atomic mass is 10.2. The molecule has 0 saturated carbocycles. The first-order valence-corrected chi connectivity index (χ1v) is 10.9. The molecule has 1 heterocycles. The normalized spacial score (nSPS) is 12.6. The molecule has 4 nitrogen and oxygen atoms in total. The maximum atomic E-state index is 11.7. The predicted molar refractivity (Wildman–Crippen MR) is 89.8 cm³/mol. The van der Waals surface area contributed by atoms with Gasteiger partial charge in [-0.1, -0.05) is 25.2 Å². The number of hydrogen-bond donors (Lipinski definition) is 1. The van der Waals surface area contributed by atoms with E-state index in [0.717, 1.165) is 10.9 Å². The number of nitrogens with one attached hydrogen (secondary N) is 1. The summed E-state index contributed by atoms with van der Waals surface area (Å²) >= 11 is 1.72. The average Bonchev–Trinajstić information content (AvgIpc) is 2.86. The van der Waals surface area contributed by atoms with Crippen LogP contribution >= 0.6 is 11.3 Å². The Morgan fingerprint density at radius 2 is 2.14 bits per heavy atom. The van der Waals surface area contributed by atoms with Crippen molar-refractivity contribution in [3.8, 4) is 0 Å². The van der Waals surface area contributed by atoms with Gasteiger partial charge in [0.25, 0.3) is 0 Å². The Morgan fingerprint density at radius 3 is 2.67 bits per heavy atom. The zero-order valence-corrected chi connectivity index (χ0v) is 14.9. The molecule has 0 bridgehead atoms. The van der Waals surface area contributed by atoms with Gasteiger partial charge in [0.1, 0.15) is 6.04 Å². The Bertz CT molecular complexity index is 525. The summed E-state index contributed by atoms with van der Waals surface area (Å²) in [6.45, 7) is 9.83. The molecule has 1 atom stereocenters. The first-order valence-electron chi connectivity index (χ1n) is 6.85. The van der Waals surface area contributed by atoms with Crippen molar-refractivity contribution in [1.82, 2.24) is 5.32 Å². The molecule has 0 aliphatic heterocycles. The van der Waals surface area contributed by atoms with Crippen LogP contribution in [-0.2, 0) is 20.7 Å². The van der Waals surface area contributed by atoms with Crippen LogP contribution in [0.2, 0.25) is 19.1 Å². The van der Waals surface area contributed by atoms with Crippen molar-refractivity contribution in [3.05, 3.63) is 29.7 Å². The molecule has 0 spiro atoms. The number of amides is 1. The molecule has 1 N–H and O–H groups in total. The number of hydrogen-bond acceptors (Lipinski definition) is 4. The van der Waals surface area contributed by atoms with Gasteiger partial charge < -0.3 is 10.1 Å². The summed E-state index contributed by atoms with van der Waals surface area (Å²) in [5, 5.41) is 2.64.